The third kappa shape index (κ3) is 3.39. The van der Waals surface area contributed by atoms with E-state index in [1.165, 1.54) is 11.4 Å². The van der Waals surface area contributed by atoms with Gasteiger partial charge in [-0.1, -0.05) is 37.3 Å². The van der Waals surface area contributed by atoms with Gasteiger partial charge in [-0.05, 0) is 19.0 Å². The Hall–Kier alpha value is -1.65. The van der Waals surface area contributed by atoms with Gasteiger partial charge in [0.1, 0.15) is 5.82 Å². The Morgan fingerprint density at radius 3 is 2.77 bits per heavy atom. The van der Waals surface area contributed by atoms with Crippen LogP contribution in [0.4, 0.5) is 0 Å². The summed E-state index contributed by atoms with van der Waals surface area (Å²) in [6, 6.07) is 11.3. The molecule has 2 aromatic rings. The fourth-order valence-corrected chi connectivity index (χ4v) is 3.26. The van der Waals surface area contributed by atoms with Gasteiger partial charge in [-0.15, -0.1) is 0 Å². The molecule has 0 saturated carbocycles. The molecule has 4 heteroatoms. The van der Waals surface area contributed by atoms with Crippen molar-refractivity contribution in [1.82, 2.24) is 19.4 Å². The average molecular weight is 298 g/mol. The fourth-order valence-electron chi connectivity index (χ4n) is 3.26. The first-order chi connectivity index (χ1) is 10.8. The standard InChI is InChI=1S/C18H26N4/c1-3-10-21-11-9-19-18(21)15-22-13-12-20(2)14-17(22)16-7-5-4-6-8-16/h4-9,11,17H,3,10,12-15H2,1-2H3/t17-/m1/s1. The SMILES string of the molecule is CCCn1ccnc1CN1CCN(C)C[C@@H]1c1ccccc1. The van der Waals surface area contributed by atoms with Gasteiger partial charge in [-0.2, -0.15) is 0 Å². The summed E-state index contributed by atoms with van der Waals surface area (Å²) >= 11 is 0. The Morgan fingerprint density at radius 2 is 2.00 bits per heavy atom. The van der Waals surface area contributed by atoms with E-state index in [0.29, 0.717) is 6.04 Å². The molecule has 1 aromatic heterocycles. The van der Waals surface area contributed by atoms with E-state index in [9.17, 15) is 0 Å². The zero-order chi connectivity index (χ0) is 15.4. The first-order valence-electron chi connectivity index (χ1n) is 8.25. The number of aromatic nitrogens is 2. The van der Waals surface area contributed by atoms with Gasteiger partial charge >= 0.3 is 0 Å². The van der Waals surface area contributed by atoms with Crippen molar-refractivity contribution in [3.05, 3.63) is 54.1 Å². The minimum Gasteiger partial charge on any atom is -0.334 e. The molecule has 1 aliphatic rings. The smallest absolute Gasteiger partial charge is 0.122 e. The molecular formula is C18H26N4. The molecule has 0 bridgehead atoms. The van der Waals surface area contributed by atoms with Crippen molar-refractivity contribution in [3.63, 3.8) is 0 Å². The lowest BCUT2D eigenvalue weighted by Gasteiger charge is -2.40. The van der Waals surface area contributed by atoms with Gasteiger partial charge < -0.3 is 9.47 Å². The molecule has 1 saturated heterocycles. The second-order valence-corrected chi connectivity index (χ2v) is 6.20. The molecule has 22 heavy (non-hydrogen) atoms. The number of nitrogens with zero attached hydrogens (tertiary/aromatic N) is 4. The molecule has 4 nitrogen and oxygen atoms in total. The van der Waals surface area contributed by atoms with Crippen LogP contribution in [0.3, 0.4) is 0 Å². The number of likely N-dealkylation sites (N-methyl/N-ethyl adjacent to an activating group) is 1. The van der Waals surface area contributed by atoms with Crippen molar-refractivity contribution >= 4 is 0 Å². The molecule has 0 unspecified atom stereocenters. The van der Waals surface area contributed by atoms with E-state index in [4.69, 9.17) is 0 Å². The number of hydrogen-bond acceptors (Lipinski definition) is 3. The Bertz CT molecular complexity index is 578. The highest BCUT2D eigenvalue weighted by Crippen LogP contribution is 2.26. The van der Waals surface area contributed by atoms with Crippen molar-refractivity contribution in [1.29, 1.82) is 0 Å². The van der Waals surface area contributed by atoms with Crippen LogP contribution >= 0.6 is 0 Å². The monoisotopic (exact) mass is 298 g/mol. The van der Waals surface area contributed by atoms with E-state index < -0.39 is 0 Å². The summed E-state index contributed by atoms with van der Waals surface area (Å²) in [6.45, 7) is 7.50. The van der Waals surface area contributed by atoms with Crippen LogP contribution in [0.1, 0.15) is 30.8 Å². The maximum atomic E-state index is 4.58. The third-order valence-electron chi connectivity index (χ3n) is 4.49. The first-order valence-corrected chi connectivity index (χ1v) is 8.25. The molecule has 1 aliphatic heterocycles. The van der Waals surface area contributed by atoms with Crippen LogP contribution in [0.2, 0.25) is 0 Å². The van der Waals surface area contributed by atoms with Crippen molar-refractivity contribution < 1.29 is 0 Å². The van der Waals surface area contributed by atoms with Crippen LogP contribution in [0, 0.1) is 0 Å². The number of imidazole rings is 1. The third-order valence-corrected chi connectivity index (χ3v) is 4.49. The highest BCUT2D eigenvalue weighted by Gasteiger charge is 2.27. The van der Waals surface area contributed by atoms with Gasteiger partial charge in [0.15, 0.2) is 0 Å². The Morgan fingerprint density at radius 1 is 1.18 bits per heavy atom. The lowest BCUT2D eigenvalue weighted by atomic mass is 10.0. The first kappa shape index (κ1) is 15.3. The van der Waals surface area contributed by atoms with Crippen LogP contribution in [0.15, 0.2) is 42.7 Å². The predicted octanol–water partition coefficient (Wildman–Crippen LogP) is 2.78. The molecule has 3 rings (SSSR count). The summed E-state index contributed by atoms with van der Waals surface area (Å²) in [6.07, 6.45) is 5.18. The minimum absolute atomic E-state index is 0.451. The maximum Gasteiger partial charge on any atom is 0.122 e. The van der Waals surface area contributed by atoms with Gasteiger partial charge in [-0.3, -0.25) is 4.90 Å². The van der Waals surface area contributed by atoms with Crippen LogP contribution in [-0.2, 0) is 13.1 Å². The van der Waals surface area contributed by atoms with Gasteiger partial charge in [-0.25, -0.2) is 4.98 Å². The van der Waals surface area contributed by atoms with Crippen LogP contribution < -0.4 is 0 Å². The topological polar surface area (TPSA) is 24.3 Å². The summed E-state index contributed by atoms with van der Waals surface area (Å²) in [5.41, 5.74) is 1.41. The van der Waals surface area contributed by atoms with E-state index in [2.05, 4.69) is 69.9 Å². The van der Waals surface area contributed by atoms with Gasteiger partial charge in [0.2, 0.25) is 0 Å². The molecule has 1 atom stereocenters. The molecule has 0 spiro atoms. The highest BCUT2D eigenvalue weighted by molar-refractivity contribution is 5.20. The largest absolute Gasteiger partial charge is 0.334 e. The van der Waals surface area contributed by atoms with Gasteiger partial charge in [0.25, 0.3) is 0 Å². The van der Waals surface area contributed by atoms with Crippen molar-refractivity contribution in [2.75, 3.05) is 26.7 Å². The molecule has 2 heterocycles. The second-order valence-electron chi connectivity index (χ2n) is 6.20. The molecule has 0 N–H and O–H groups in total. The molecule has 1 fully saturated rings. The van der Waals surface area contributed by atoms with Crippen molar-refractivity contribution in [2.24, 2.45) is 0 Å². The van der Waals surface area contributed by atoms with E-state index in [0.717, 1.165) is 39.1 Å². The average Bonchev–Trinajstić information content (AvgIpc) is 2.97. The van der Waals surface area contributed by atoms with Crippen LogP contribution in [-0.4, -0.2) is 46.0 Å². The molecule has 1 aromatic carbocycles. The minimum atomic E-state index is 0.451. The normalized spacial score (nSPS) is 20.4. The molecule has 118 valence electrons. The van der Waals surface area contributed by atoms with Crippen molar-refractivity contribution in [2.45, 2.75) is 32.5 Å². The zero-order valence-corrected chi connectivity index (χ0v) is 13.7. The second kappa shape index (κ2) is 7.07. The highest BCUT2D eigenvalue weighted by atomic mass is 15.3. The van der Waals surface area contributed by atoms with E-state index in [-0.39, 0.29) is 0 Å². The van der Waals surface area contributed by atoms with Gasteiger partial charge in [0, 0.05) is 44.6 Å². The molecular weight excluding hydrogens is 272 g/mol. The van der Waals surface area contributed by atoms with Crippen LogP contribution in [0.25, 0.3) is 0 Å². The summed E-state index contributed by atoms with van der Waals surface area (Å²) in [5, 5.41) is 0. The summed E-state index contributed by atoms with van der Waals surface area (Å²) < 4.78 is 2.29. The van der Waals surface area contributed by atoms with E-state index in [1.54, 1.807) is 0 Å². The van der Waals surface area contributed by atoms with Crippen LogP contribution in [0.5, 0.6) is 0 Å². The molecule has 0 radical (unpaired) electrons. The summed E-state index contributed by atoms with van der Waals surface area (Å²) in [7, 11) is 2.21. The number of piperazine rings is 1. The quantitative estimate of drug-likeness (QED) is 0.848. The lowest BCUT2D eigenvalue weighted by molar-refractivity contribution is 0.0800. The number of hydrogen-bond donors (Lipinski definition) is 0. The Kier molecular flexibility index (Phi) is 4.90. The number of rotatable bonds is 5. The zero-order valence-electron chi connectivity index (χ0n) is 13.7. The number of aryl methyl sites for hydroxylation is 1. The molecule has 0 aliphatic carbocycles. The predicted molar refractivity (Wildman–Crippen MR) is 89.6 cm³/mol. The molecule has 0 amide bonds. The summed E-state index contributed by atoms with van der Waals surface area (Å²) in [4.78, 5) is 9.58. The lowest BCUT2D eigenvalue weighted by Crippen LogP contribution is -2.46. The number of benzene rings is 1. The fraction of sp³-hybridized carbons (Fsp3) is 0.500. The van der Waals surface area contributed by atoms with Gasteiger partial charge in [0.05, 0.1) is 6.54 Å². The van der Waals surface area contributed by atoms with Crippen molar-refractivity contribution in [3.8, 4) is 0 Å². The van der Waals surface area contributed by atoms with E-state index in [1.807, 2.05) is 6.20 Å². The summed E-state index contributed by atoms with van der Waals surface area (Å²) in [5.74, 6) is 1.19. The Balaban J connectivity index is 1.79. The Labute approximate surface area is 133 Å². The maximum absolute atomic E-state index is 4.58. The van der Waals surface area contributed by atoms with E-state index >= 15 is 0 Å².